The first-order valence-corrected chi connectivity index (χ1v) is 12.6. The highest BCUT2D eigenvalue weighted by atomic mass is 32.1. The number of nitrogens with zero attached hydrogens (tertiary/aromatic N) is 5. The Kier molecular flexibility index (Phi) is 7.89. The summed E-state index contributed by atoms with van der Waals surface area (Å²) in [5.74, 6) is 1.52. The van der Waals surface area contributed by atoms with Crippen molar-refractivity contribution in [1.82, 2.24) is 14.9 Å². The minimum Gasteiger partial charge on any atom is -0.485 e. The third-order valence-electron chi connectivity index (χ3n) is 5.92. The first-order chi connectivity index (χ1) is 17.4. The fourth-order valence-electron chi connectivity index (χ4n) is 3.94. The molecule has 0 spiro atoms. The summed E-state index contributed by atoms with van der Waals surface area (Å²) in [6.07, 6.45) is 0.781. The van der Waals surface area contributed by atoms with E-state index >= 15 is 0 Å². The molecule has 36 heavy (non-hydrogen) atoms. The van der Waals surface area contributed by atoms with Crippen LogP contribution in [0, 0.1) is 0 Å². The van der Waals surface area contributed by atoms with Gasteiger partial charge in [-0.05, 0) is 30.5 Å². The van der Waals surface area contributed by atoms with E-state index in [1.807, 2.05) is 60.6 Å². The summed E-state index contributed by atoms with van der Waals surface area (Å²) in [6.45, 7) is 4.07. The molecule has 0 radical (unpaired) electrons. The number of nitrogens with one attached hydrogen (secondary N) is 1. The van der Waals surface area contributed by atoms with Crippen molar-refractivity contribution in [3.8, 4) is 5.75 Å². The highest BCUT2D eigenvalue weighted by Crippen LogP contribution is 2.32. The largest absolute Gasteiger partial charge is 0.485 e. The minimum atomic E-state index is -0.978. The van der Waals surface area contributed by atoms with Crippen molar-refractivity contribution in [2.75, 3.05) is 55.4 Å². The number of amides is 2. The second kappa shape index (κ2) is 11.3. The fraction of sp³-hybridized carbons (Fsp3) is 0.360. The zero-order chi connectivity index (χ0) is 25.7. The van der Waals surface area contributed by atoms with Crippen LogP contribution in [-0.4, -0.2) is 72.2 Å². The first-order valence-electron chi connectivity index (χ1n) is 11.8. The van der Waals surface area contributed by atoms with Gasteiger partial charge in [0.1, 0.15) is 23.2 Å². The van der Waals surface area contributed by atoms with E-state index in [-0.39, 0.29) is 12.0 Å². The minimum absolute atomic E-state index is 0.174. The number of ether oxygens (including phenoxy) is 1. The molecule has 1 aliphatic heterocycles. The summed E-state index contributed by atoms with van der Waals surface area (Å²) in [6, 6.07) is 11.3. The van der Waals surface area contributed by atoms with E-state index in [9.17, 15) is 14.7 Å². The molecule has 190 valence electrons. The monoisotopic (exact) mass is 510 g/mol. The molecule has 3 heterocycles. The Bertz CT molecular complexity index is 1210. The molecule has 11 heteroatoms. The lowest BCUT2D eigenvalue weighted by Gasteiger charge is -2.24. The number of aromatic nitrogens is 2. The fourth-order valence-corrected chi connectivity index (χ4v) is 4.73. The van der Waals surface area contributed by atoms with Crippen molar-refractivity contribution in [3.63, 3.8) is 0 Å². The molecule has 1 aliphatic rings. The predicted octanol–water partition coefficient (Wildman–Crippen LogP) is 4.19. The van der Waals surface area contributed by atoms with Crippen molar-refractivity contribution < 1.29 is 19.4 Å². The second-order valence-electron chi connectivity index (χ2n) is 8.45. The lowest BCUT2D eigenvalue weighted by atomic mass is 10.2. The van der Waals surface area contributed by atoms with E-state index in [2.05, 4.69) is 15.3 Å². The molecule has 3 aromatic rings. The third kappa shape index (κ3) is 5.68. The van der Waals surface area contributed by atoms with Gasteiger partial charge in [-0.25, -0.2) is 9.78 Å². The molecule has 0 saturated carbocycles. The molecule has 2 aromatic heterocycles. The van der Waals surface area contributed by atoms with Gasteiger partial charge in [0.05, 0.1) is 0 Å². The summed E-state index contributed by atoms with van der Waals surface area (Å²) < 4.78 is 6.33. The Labute approximate surface area is 214 Å². The summed E-state index contributed by atoms with van der Waals surface area (Å²) in [7, 11) is 3.46. The van der Waals surface area contributed by atoms with Gasteiger partial charge in [-0.15, -0.1) is 11.3 Å². The summed E-state index contributed by atoms with van der Waals surface area (Å²) in [5, 5.41) is 14.3. The summed E-state index contributed by atoms with van der Waals surface area (Å²) in [5.41, 5.74) is 1.15. The van der Waals surface area contributed by atoms with Gasteiger partial charge in [-0.3, -0.25) is 4.79 Å². The maximum atomic E-state index is 13.5. The van der Waals surface area contributed by atoms with Crippen LogP contribution in [0.25, 0.3) is 0 Å². The number of anilines is 3. The average Bonchev–Trinajstić information content (AvgIpc) is 3.37. The van der Waals surface area contributed by atoms with E-state index in [0.717, 1.165) is 4.88 Å². The van der Waals surface area contributed by atoms with E-state index in [0.29, 0.717) is 61.4 Å². The zero-order valence-electron chi connectivity index (χ0n) is 20.5. The Balaban J connectivity index is 1.57. The normalized spacial score (nSPS) is 14.1. The van der Waals surface area contributed by atoms with Crippen LogP contribution in [-0.2, 0) is 0 Å². The Morgan fingerprint density at radius 3 is 2.86 bits per heavy atom. The molecule has 2 N–H and O–H groups in total. The van der Waals surface area contributed by atoms with Crippen molar-refractivity contribution in [1.29, 1.82) is 0 Å². The standard InChI is InChI=1S/C25H30N6O4S/c1-4-26-24-27-16-19-22(28-24)29(2)12-13-31(23(19)32)17-7-5-8-18(15-17)35-20(21-9-6-14-36-21)10-11-30(3)25(33)34/h5-9,14-16,20H,4,10-13H2,1-3H3,(H,33,34)(H,26,27,28)/t20-/m1/s1. The van der Waals surface area contributed by atoms with Crippen molar-refractivity contribution in [2.45, 2.75) is 19.4 Å². The molecule has 1 atom stereocenters. The van der Waals surface area contributed by atoms with Gasteiger partial charge in [0.25, 0.3) is 5.91 Å². The first kappa shape index (κ1) is 25.2. The summed E-state index contributed by atoms with van der Waals surface area (Å²) >= 11 is 1.56. The topological polar surface area (TPSA) is 111 Å². The van der Waals surface area contributed by atoms with E-state index in [4.69, 9.17) is 4.74 Å². The number of thiophene rings is 1. The molecule has 4 rings (SSSR count). The van der Waals surface area contributed by atoms with Crippen LogP contribution in [0.4, 0.5) is 22.2 Å². The second-order valence-corrected chi connectivity index (χ2v) is 9.43. The molecular formula is C25H30N6O4S. The number of carbonyl (C=O) groups is 2. The number of likely N-dealkylation sites (N-methyl/N-ethyl adjacent to an activating group) is 1. The Morgan fingerprint density at radius 1 is 1.31 bits per heavy atom. The van der Waals surface area contributed by atoms with Gasteiger partial charge >= 0.3 is 6.09 Å². The van der Waals surface area contributed by atoms with Gasteiger partial charge in [-0.1, -0.05) is 12.1 Å². The van der Waals surface area contributed by atoms with Crippen LogP contribution < -0.4 is 19.9 Å². The number of hydrogen-bond donors (Lipinski definition) is 2. The predicted molar refractivity (Wildman–Crippen MR) is 141 cm³/mol. The van der Waals surface area contributed by atoms with Crippen LogP contribution >= 0.6 is 11.3 Å². The number of benzene rings is 1. The van der Waals surface area contributed by atoms with E-state index in [1.165, 1.54) is 4.90 Å². The maximum Gasteiger partial charge on any atom is 0.407 e. The highest BCUT2D eigenvalue weighted by Gasteiger charge is 2.28. The van der Waals surface area contributed by atoms with Crippen molar-refractivity contribution >= 4 is 40.8 Å². The Hall–Kier alpha value is -3.86. The van der Waals surface area contributed by atoms with Crippen LogP contribution in [0.3, 0.4) is 0 Å². The van der Waals surface area contributed by atoms with E-state index < -0.39 is 6.09 Å². The maximum absolute atomic E-state index is 13.5. The molecule has 1 aromatic carbocycles. The molecule has 0 saturated heterocycles. The van der Waals surface area contributed by atoms with Crippen molar-refractivity contribution in [3.05, 3.63) is 58.4 Å². The van der Waals surface area contributed by atoms with Gasteiger partial charge < -0.3 is 29.9 Å². The average molecular weight is 511 g/mol. The van der Waals surface area contributed by atoms with Gasteiger partial charge in [0.15, 0.2) is 0 Å². The van der Waals surface area contributed by atoms with Gasteiger partial charge in [-0.2, -0.15) is 4.98 Å². The number of fused-ring (bicyclic) bond motifs is 1. The lowest BCUT2D eigenvalue weighted by molar-refractivity contribution is 0.0989. The lowest BCUT2D eigenvalue weighted by Crippen LogP contribution is -2.33. The number of hydrogen-bond acceptors (Lipinski definition) is 8. The smallest absolute Gasteiger partial charge is 0.407 e. The summed E-state index contributed by atoms with van der Waals surface area (Å²) in [4.78, 5) is 39.5. The van der Waals surface area contributed by atoms with Crippen molar-refractivity contribution in [2.24, 2.45) is 0 Å². The molecule has 0 unspecified atom stereocenters. The van der Waals surface area contributed by atoms with Crippen LogP contribution in [0.5, 0.6) is 5.75 Å². The number of rotatable bonds is 9. The zero-order valence-corrected chi connectivity index (χ0v) is 21.4. The molecule has 0 aliphatic carbocycles. The van der Waals surface area contributed by atoms with Crippen LogP contribution in [0.15, 0.2) is 48.0 Å². The Morgan fingerprint density at radius 2 is 2.14 bits per heavy atom. The molecule has 0 fully saturated rings. The van der Waals surface area contributed by atoms with Gasteiger partial charge in [0.2, 0.25) is 5.95 Å². The van der Waals surface area contributed by atoms with Crippen LogP contribution in [0.2, 0.25) is 0 Å². The van der Waals surface area contributed by atoms with Crippen LogP contribution in [0.1, 0.15) is 34.7 Å². The van der Waals surface area contributed by atoms with E-state index in [1.54, 1.807) is 29.5 Å². The molecule has 2 amide bonds. The SMILES string of the molecule is CCNc1ncc2c(n1)N(C)CCN(c1cccc(O[C@H](CCN(C)C(=O)O)c3cccs3)c1)C2=O. The van der Waals surface area contributed by atoms with Gasteiger partial charge in [0, 0.05) is 69.5 Å². The quantitative estimate of drug-likeness (QED) is 0.441. The number of carboxylic acid groups (broad SMARTS) is 1. The molecule has 0 bridgehead atoms. The molecule has 10 nitrogen and oxygen atoms in total. The third-order valence-corrected chi connectivity index (χ3v) is 6.89. The highest BCUT2D eigenvalue weighted by molar-refractivity contribution is 7.10. The molecular weight excluding hydrogens is 480 g/mol. The number of carbonyl (C=O) groups excluding carboxylic acids is 1.